The topological polar surface area (TPSA) is 29.1 Å². The van der Waals surface area contributed by atoms with Crippen LogP contribution in [0.3, 0.4) is 0 Å². The van der Waals surface area contributed by atoms with Gasteiger partial charge in [0.15, 0.2) is 0 Å². The lowest BCUT2D eigenvalue weighted by Crippen LogP contribution is -2.15. The minimum absolute atomic E-state index is 0.192. The van der Waals surface area contributed by atoms with Crippen molar-refractivity contribution in [2.45, 2.75) is 5.75 Å². The van der Waals surface area contributed by atoms with Crippen molar-refractivity contribution in [1.82, 2.24) is 0 Å². The summed E-state index contributed by atoms with van der Waals surface area (Å²) in [6, 6.07) is 11.4. The predicted molar refractivity (Wildman–Crippen MR) is 87.7 cm³/mol. The van der Waals surface area contributed by atoms with Gasteiger partial charge in [0.05, 0.1) is 21.5 Å². The number of nitrogens with one attached hydrogen (secondary N) is 1. The van der Waals surface area contributed by atoms with Crippen molar-refractivity contribution in [3.8, 4) is 0 Å². The molecule has 110 valence electrons. The number of halogens is 3. The highest BCUT2D eigenvalue weighted by Crippen LogP contribution is 2.24. The Morgan fingerprint density at radius 2 is 1.90 bits per heavy atom. The third-order valence-electron chi connectivity index (χ3n) is 2.63. The zero-order valence-corrected chi connectivity index (χ0v) is 13.2. The molecule has 0 radical (unpaired) electrons. The zero-order valence-electron chi connectivity index (χ0n) is 10.9. The van der Waals surface area contributed by atoms with Crippen LogP contribution in [0.4, 0.5) is 10.1 Å². The number of hydrogen-bond acceptors (Lipinski definition) is 2. The maximum atomic E-state index is 13.4. The molecule has 0 aliphatic heterocycles. The molecule has 1 N–H and O–H groups in total. The van der Waals surface area contributed by atoms with Crippen LogP contribution in [-0.4, -0.2) is 11.7 Å². The van der Waals surface area contributed by atoms with Gasteiger partial charge in [0.2, 0.25) is 5.91 Å². The molecular weight excluding hydrogens is 332 g/mol. The van der Waals surface area contributed by atoms with Crippen molar-refractivity contribution in [2.24, 2.45) is 0 Å². The van der Waals surface area contributed by atoms with Gasteiger partial charge in [-0.05, 0) is 29.8 Å². The van der Waals surface area contributed by atoms with E-state index in [1.807, 2.05) is 6.07 Å². The number of carbonyl (C=O) groups is 1. The first kappa shape index (κ1) is 16.1. The van der Waals surface area contributed by atoms with Gasteiger partial charge >= 0.3 is 0 Å². The first-order valence-electron chi connectivity index (χ1n) is 6.12. The van der Waals surface area contributed by atoms with Crippen LogP contribution in [0.5, 0.6) is 0 Å². The molecule has 0 saturated carbocycles. The Bertz CT molecular complexity index is 651. The number of carbonyl (C=O) groups excluding carboxylic acids is 1. The van der Waals surface area contributed by atoms with Crippen LogP contribution in [-0.2, 0) is 10.5 Å². The van der Waals surface area contributed by atoms with E-state index in [9.17, 15) is 9.18 Å². The highest BCUT2D eigenvalue weighted by atomic mass is 35.5. The minimum Gasteiger partial charge on any atom is -0.323 e. The van der Waals surface area contributed by atoms with Gasteiger partial charge in [-0.1, -0.05) is 41.4 Å². The first-order valence-corrected chi connectivity index (χ1v) is 8.03. The van der Waals surface area contributed by atoms with Gasteiger partial charge in [-0.2, -0.15) is 0 Å². The summed E-state index contributed by atoms with van der Waals surface area (Å²) >= 11 is 13.2. The number of benzene rings is 2. The van der Waals surface area contributed by atoms with E-state index in [1.54, 1.807) is 24.3 Å². The average Bonchev–Trinajstić information content (AvgIpc) is 2.45. The van der Waals surface area contributed by atoms with E-state index in [0.29, 0.717) is 15.8 Å². The smallest absolute Gasteiger partial charge is 0.234 e. The van der Waals surface area contributed by atoms with Crippen LogP contribution < -0.4 is 5.32 Å². The van der Waals surface area contributed by atoms with E-state index in [4.69, 9.17) is 23.2 Å². The molecule has 2 rings (SSSR count). The van der Waals surface area contributed by atoms with Gasteiger partial charge in [-0.25, -0.2) is 4.39 Å². The Kier molecular flexibility index (Phi) is 5.91. The molecule has 0 atom stereocenters. The second kappa shape index (κ2) is 7.69. The minimum atomic E-state index is -0.444. The number of amides is 1. The molecule has 0 aliphatic carbocycles. The summed E-state index contributed by atoms with van der Waals surface area (Å²) in [5.41, 5.74) is 1.17. The molecule has 0 bridgehead atoms. The second-order valence-corrected chi connectivity index (χ2v) is 6.07. The molecule has 0 heterocycles. The van der Waals surface area contributed by atoms with Crippen molar-refractivity contribution in [1.29, 1.82) is 0 Å². The summed E-state index contributed by atoms with van der Waals surface area (Å²) in [5, 5.41) is 3.53. The summed E-state index contributed by atoms with van der Waals surface area (Å²) in [4.78, 5) is 11.7. The summed E-state index contributed by atoms with van der Waals surface area (Å²) in [6.45, 7) is 0. The van der Waals surface area contributed by atoms with Crippen LogP contribution in [0.15, 0.2) is 42.5 Å². The van der Waals surface area contributed by atoms with Crippen molar-refractivity contribution in [3.63, 3.8) is 0 Å². The van der Waals surface area contributed by atoms with Crippen molar-refractivity contribution in [3.05, 3.63) is 63.9 Å². The Morgan fingerprint density at radius 3 is 2.62 bits per heavy atom. The Morgan fingerprint density at radius 1 is 1.14 bits per heavy atom. The number of anilines is 1. The van der Waals surface area contributed by atoms with E-state index in [-0.39, 0.29) is 17.3 Å². The van der Waals surface area contributed by atoms with Gasteiger partial charge < -0.3 is 5.32 Å². The Balaban J connectivity index is 1.82. The highest BCUT2D eigenvalue weighted by Gasteiger charge is 2.07. The van der Waals surface area contributed by atoms with E-state index >= 15 is 0 Å². The molecule has 0 aliphatic rings. The van der Waals surface area contributed by atoms with Crippen LogP contribution in [0, 0.1) is 5.82 Å². The van der Waals surface area contributed by atoms with Crippen molar-refractivity contribution < 1.29 is 9.18 Å². The third-order valence-corrected chi connectivity index (χ3v) is 4.38. The van der Waals surface area contributed by atoms with E-state index in [0.717, 1.165) is 5.56 Å². The maximum absolute atomic E-state index is 13.4. The number of para-hydroxylation sites is 1. The zero-order chi connectivity index (χ0) is 15.2. The molecule has 2 nitrogen and oxygen atoms in total. The largest absolute Gasteiger partial charge is 0.323 e. The van der Waals surface area contributed by atoms with Crippen LogP contribution in [0.1, 0.15) is 5.56 Å². The lowest BCUT2D eigenvalue weighted by Gasteiger charge is -2.06. The molecule has 2 aromatic carbocycles. The number of thioether (sulfide) groups is 1. The van der Waals surface area contributed by atoms with Crippen molar-refractivity contribution in [2.75, 3.05) is 11.1 Å². The Labute approximate surface area is 136 Å². The summed E-state index contributed by atoms with van der Waals surface area (Å²) in [5.74, 6) is 0.168. The van der Waals surface area contributed by atoms with E-state index in [2.05, 4.69) is 5.32 Å². The summed E-state index contributed by atoms with van der Waals surface area (Å²) in [6.07, 6.45) is 0. The fourth-order valence-corrected chi connectivity index (χ4v) is 2.74. The van der Waals surface area contributed by atoms with E-state index < -0.39 is 5.82 Å². The quantitative estimate of drug-likeness (QED) is 0.827. The highest BCUT2D eigenvalue weighted by molar-refractivity contribution is 7.99. The lowest BCUT2D eigenvalue weighted by molar-refractivity contribution is -0.113. The van der Waals surface area contributed by atoms with Gasteiger partial charge in [-0.15, -0.1) is 11.8 Å². The van der Waals surface area contributed by atoms with Crippen molar-refractivity contribution >= 4 is 46.6 Å². The van der Waals surface area contributed by atoms with Crippen LogP contribution >= 0.6 is 35.0 Å². The molecule has 0 saturated heterocycles. The first-order chi connectivity index (χ1) is 10.1. The van der Waals surface area contributed by atoms with Gasteiger partial charge in [0.1, 0.15) is 5.82 Å². The molecule has 2 aromatic rings. The molecule has 0 unspecified atom stereocenters. The normalized spacial score (nSPS) is 10.4. The molecule has 21 heavy (non-hydrogen) atoms. The summed E-state index contributed by atoms with van der Waals surface area (Å²) < 4.78 is 13.4. The van der Waals surface area contributed by atoms with Gasteiger partial charge in [-0.3, -0.25) is 4.79 Å². The second-order valence-electron chi connectivity index (χ2n) is 4.27. The van der Waals surface area contributed by atoms with E-state index in [1.165, 1.54) is 23.9 Å². The molecule has 0 spiro atoms. The molecular formula is C15H12Cl2FNOS. The lowest BCUT2D eigenvalue weighted by atomic mass is 10.2. The fraction of sp³-hybridized carbons (Fsp3) is 0.133. The third kappa shape index (κ3) is 4.92. The summed E-state index contributed by atoms with van der Waals surface area (Å²) in [7, 11) is 0. The standard InChI is InChI=1S/C15H12Cl2FNOS/c16-11-6-5-10(7-12(11)17)8-21-9-15(20)19-14-4-2-1-3-13(14)18/h1-7H,8-9H2,(H,19,20). The SMILES string of the molecule is O=C(CSCc1ccc(Cl)c(Cl)c1)Nc1ccccc1F. The molecule has 0 fully saturated rings. The maximum Gasteiger partial charge on any atom is 0.234 e. The predicted octanol–water partition coefficient (Wildman–Crippen LogP) is 5.00. The average molecular weight is 344 g/mol. The molecule has 0 aromatic heterocycles. The molecule has 6 heteroatoms. The number of rotatable bonds is 5. The number of hydrogen-bond donors (Lipinski definition) is 1. The molecule has 1 amide bonds. The van der Waals surface area contributed by atoms with Gasteiger partial charge in [0.25, 0.3) is 0 Å². The monoisotopic (exact) mass is 343 g/mol. The Hall–Kier alpha value is -1.23. The fourth-order valence-electron chi connectivity index (χ4n) is 1.64. The van der Waals surface area contributed by atoms with Crippen LogP contribution in [0.25, 0.3) is 0 Å². The van der Waals surface area contributed by atoms with Crippen LogP contribution in [0.2, 0.25) is 10.0 Å². The van der Waals surface area contributed by atoms with Gasteiger partial charge in [0, 0.05) is 5.75 Å².